The van der Waals surface area contributed by atoms with Gasteiger partial charge in [-0.25, -0.2) is 0 Å². The van der Waals surface area contributed by atoms with E-state index in [4.69, 9.17) is 9.47 Å². The van der Waals surface area contributed by atoms with E-state index >= 15 is 0 Å². The van der Waals surface area contributed by atoms with Gasteiger partial charge in [0.15, 0.2) is 11.5 Å². The Hall–Kier alpha value is -2.60. The maximum atomic E-state index is 12.6. The normalized spacial score (nSPS) is 22.2. The molecule has 1 saturated heterocycles. The largest absolute Gasteiger partial charge is 0.486 e. The lowest BCUT2D eigenvalue weighted by molar-refractivity contribution is -0.127. The molecule has 4 rings (SSSR count). The summed E-state index contributed by atoms with van der Waals surface area (Å²) in [5, 5.41) is 3.05. The lowest BCUT2D eigenvalue weighted by Gasteiger charge is -2.32. The number of nitrogens with zero attached hydrogens (tertiary/aromatic N) is 2. The minimum atomic E-state index is -0.154. The molecule has 2 aliphatic rings. The van der Waals surface area contributed by atoms with Crippen LogP contribution < -0.4 is 14.8 Å². The molecule has 6 heteroatoms. The molecular weight excluding hydrogens is 342 g/mol. The van der Waals surface area contributed by atoms with Crippen molar-refractivity contribution in [3.05, 3.63) is 54.4 Å². The average molecular weight is 367 g/mol. The molecule has 3 heterocycles. The van der Waals surface area contributed by atoms with E-state index in [0.717, 1.165) is 44.0 Å². The highest BCUT2D eigenvalue weighted by Gasteiger charge is 2.27. The molecule has 27 heavy (non-hydrogen) atoms. The van der Waals surface area contributed by atoms with E-state index in [1.54, 1.807) is 6.20 Å². The van der Waals surface area contributed by atoms with Crippen LogP contribution in [0.4, 0.5) is 0 Å². The van der Waals surface area contributed by atoms with Crippen molar-refractivity contribution in [3.8, 4) is 11.5 Å². The first kappa shape index (κ1) is 17.8. The van der Waals surface area contributed by atoms with Crippen LogP contribution in [0.5, 0.6) is 11.5 Å². The summed E-state index contributed by atoms with van der Waals surface area (Å²) in [5.41, 5.74) is 1.19. The molecule has 0 unspecified atom stereocenters. The topological polar surface area (TPSA) is 63.7 Å². The van der Waals surface area contributed by atoms with Crippen molar-refractivity contribution in [1.29, 1.82) is 0 Å². The third-order valence-corrected chi connectivity index (χ3v) is 5.08. The Morgan fingerprint density at radius 3 is 2.96 bits per heavy atom. The molecular formula is C21H25N3O3. The van der Waals surface area contributed by atoms with Gasteiger partial charge in [0.05, 0.1) is 12.5 Å². The SMILES string of the molecule is O=C(NC[C@@H]1COc2ccccc2O1)[C@H]1CCCN(Cc2cccnc2)C1. The van der Waals surface area contributed by atoms with Crippen molar-refractivity contribution in [3.63, 3.8) is 0 Å². The highest BCUT2D eigenvalue weighted by Crippen LogP contribution is 2.30. The number of aromatic nitrogens is 1. The molecule has 1 N–H and O–H groups in total. The van der Waals surface area contributed by atoms with E-state index in [0.29, 0.717) is 13.2 Å². The second-order valence-corrected chi connectivity index (χ2v) is 7.18. The molecule has 0 saturated carbocycles. The molecule has 2 aliphatic heterocycles. The van der Waals surface area contributed by atoms with E-state index in [9.17, 15) is 4.79 Å². The van der Waals surface area contributed by atoms with Crippen molar-refractivity contribution < 1.29 is 14.3 Å². The molecule has 1 aromatic carbocycles. The second kappa shape index (κ2) is 8.39. The summed E-state index contributed by atoms with van der Waals surface area (Å²) >= 11 is 0. The van der Waals surface area contributed by atoms with Crippen LogP contribution in [-0.2, 0) is 11.3 Å². The number of fused-ring (bicyclic) bond motifs is 1. The van der Waals surface area contributed by atoms with Crippen molar-refractivity contribution in [2.75, 3.05) is 26.2 Å². The molecule has 2 aromatic rings. The summed E-state index contributed by atoms with van der Waals surface area (Å²) < 4.78 is 11.6. The number of piperidine rings is 1. The van der Waals surface area contributed by atoms with Gasteiger partial charge >= 0.3 is 0 Å². The fourth-order valence-corrected chi connectivity index (χ4v) is 3.69. The maximum absolute atomic E-state index is 12.6. The van der Waals surface area contributed by atoms with Gasteiger partial charge in [-0.05, 0) is 43.1 Å². The molecule has 0 aliphatic carbocycles. The number of nitrogens with one attached hydrogen (secondary N) is 1. The van der Waals surface area contributed by atoms with Crippen LogP contribution in [0.1, 0.15) is 18.4 Å². The quantitative estimate of drug-likeness (QED) is 0.878. The summed E-state index contributed by atoms with van der Waals surface area (Å²) in [6.07, 6.45) is 5.49. The van der Waals surface area contributed by atoms with Crippen LogP contribution in [0.15, 0.2) is 48.8 Å². The van der Waals surface area contributed by atoms with Crippen molar-refractivity contribution in [1.82, 2.24) is 15.2 Å². The van der Waals surface area contributed by atoms with Gasteiger partial charge in [0.1, 0.15) is 12.7 Å². The van der Waals surface area contributed by atoms with Gasteiger partial charge in [0, 0.05) is 25.5 Å². The Kier molecular flexibility index (Phi) is 5.53. The smallest absolute Gasteiger partial charge is 0.224 e. The van der Waals surface area contributed by atoms with Crippen LogP contribution in [0.3, 0.4) is 0 Å². The van der Waals surface area contributed by atoms with E-state index in [-0.39, 0.29) is 17.9 Å². The fourth-order valence-electron chi connectivity index (χ4n) is 3.69. The van der Waals surface area contributed by atoms with Gasteiger partial charge in [-0.15, -0.1) is 0 Å². The van der Waals surface area contributed by atoms with Gasteiger partial charge < -0.3 is 14.8 Å². The van der Waals surface area contributed by atoms with Gasteiger partial charge in [0.25, 0.3) is 0 Å². The number of ether oxygens (including phenoxy) is 2. The first-order valence-corrected chi connectivity index (χ1v) is 9.55. The first-order chi connectivity index (χ1) is 13.3. The molecule has 0 radical (unpaired) electrons. The number of rotatable bonds is 5. The van der Waals surface area contributed by atoms with Crippen LogP contribution in [0, 0.1) is 5.92 Å². The van der Waals surface area contributed by atoms with E-state index < -0.39 is 0 Å². The van der Waals surface area contributed by atoms with E-state index in [2.05, 4.69) is 21.3 Å². The first-order valence-electron chi connectivity index (χ1n) is 9.55. The number of amides is 1. The molecule has 0 bridgehead atoms. The zero-order valence-electron chi connectivity index (χ0n) is 15.3. The standard InChI is InChI=1S/C21H25N3O3/c25-21(23-12-18-15-26-19-7-1-2-8-20(19)27-18)17-6-4-10-24(14-17)13-16-5-3-9-22-11-16/h1-3,5,7-9,11,17-18H,4,6,10,12-15H2,(H,23,25)/t17-,18+/m0/s1. The molecule has 1 amide bonds. The highest BCUT2D eigenvalue weighted by atomic mass is 16.6. The molecule has 0 spiro atoms. The Bertz CT molecular complexity index is 768. The van der Waals surface area contributed by atoms with Gasteiger partial charge in [0.2, 0.25) is 5.91 Å². The summed E-state index contributed by atoms with van der Waals surface area (Å²) in [6.45, 7) is 3.57. The summed E-state index contributed by atoms with van der Waals surface area (Å²) in [5.74, 6) is 1.63. The number of hydrogen-bond donors (Lipinski definition) is 1. The molecule has 1 aromatic heterocycles. The van der Waals surface area contributed by atoms with Crippen LogP contribution in [-0.4, -0.2) is 48.1 Å². The minimum Gasteiger partial charge on any atom is -0.486 e. The van der Waals surface area contributed by atoms with E-state index in [1.165, 1.54) is 5.56 Å². The minimum absolute atomic E-state index is 0.0206. The molecule has 142 valence electrons. The summed E-state index contributed by atoms with van der Waals surface area (Å²) in [7, 11) is 0. The average Bonchev–Trinajstić information content (AvgIpc) is 2.73. The number of hydrogen-bond acceptors (Lipinski definition) is 5. The lowest BCUT2D eigenvalue weighted by atomic mass is 9.96. The molecule has 1 fully saturated rings. The van der Waals surface area contributed by atoms with E-state index in [1.807, 2.05) is 36.5 Å². The van der Waals surface area contributed by atoms with Gasteiger partial charge in [-0.2, -0.15) is 0 Å². The van der Waals surface area contributed by atoms with Crippen LogP contribution >= 0.6 is 0 Å². The Morgan fingerprint density at radius 1 is 1.22 bits per heavy atom. The number of carbonyl (C=O) groups is 1. The Morgan fingerprint density at radius 2 is 2.11 bits per heavy atom. The fraction of sp³-hybridized carbons (Fsp3) is 0.429. The predicted octanol–water partition coefficient (Wildman–Crippen LogP) is 2.25. The third kappa shape index (κ3) is 4.57. The van der Waals surface area contributed by atoms with Gasteiger partial charge in [-0.3, -0.25) is 14.7 Å². The van der Waals surface area contributed by atoms with Crippen LogP contribution in [0.25, 0.3) is 0 Å². The monoisotopic (exact) mass is 367 g/mol. The zero-order valence-corrected chi connectivity index (χ0v) is 15.3. The number of benzene rings is 1. The Balaban J connectivity index is 1.26. The van der Waals surface area contributed by atoms with Crippen molar-refractivity contribution in [2.24, 2.45) is 5.92 Å². The zero-order chi connectivity index (χ0) is 18.5. The number of likely N-dealkylation sites (tertiary alicyclic amines) is 1. The van der Waals surface area contributed by atoms with Crippen LogP contribution in [0.2, 0.25) is 0 Å². The van der Waals surface area contributed by atoms with Crippen molar-refractivity contribution >= 4 is 5.91 Å². The number of para-hydroxylation sites is 2. The number of pyridine rings is 1. The maximum Gasteiger partial charge on any atom is 0.224 e. The highest BCUT2D eigenvalue weighted by molar-refractivity contribution is 5.79. The number of carbonyl (C=O) groups excluding carboxylic acids is 1. The molecule has 2 atom stereocenters. The summed E-state index contributed by atoms with van der Waals surface area (Å²) in [6, 6.07) is 11.7. The second-order valence-electron chi connectivity index (χ2n) is 7.18. The predicted molar refractivity (Wildman–Crippen MR) is 102 cm³/mol. The van der Waals surface area contributed by atoms with Gasteiger partial charge in [-0.1, -0.05) is 18.2 Å². The van der Waals surface area contributed by atoms with Crippen molar-refractivity contribution in [2.45, 2.75) is 25.5 Å². The Labute approximate surface area is 159 Å². The summed E-state index contributed by atoms with van der Waals surface area (Å²) in [4.78, 5) is 19.1. The third-order valence-electron chi connectivity index (χ3n) is 5.08. The molecule has 6 nitrogen and oxygen atoms in total. The lowest BCUT2D eigenvalue weighted by Crippen LogP contribution is -2.46.